The molecule has 3 amide bonds. The Balaban J connectivity index is 1.60. The van der Waals surface area contributed by atoms with Crippen LogP contribution in [0.5, 0.6) is 5.75 Å². The van der Waals surface area contributed by atoms with E-state index in [4.69, 9.17) is 4.74 Å². The zero-order valence-electron chi connectivity index (χ0n) is 20.4. The van der Waals surface area contributed by atoms with Crippen molar-refractivity contribution in [3.63, 3.8) is 0 Å². The Kier molecular flexibility index (Phi) is 6.38. The molecule has 3 aromatic carbocycles. The quantitative estimate of drug-likeness (QED) is 0.291. The third kappa shape index (κ3) is 4.47. The molecule has 1 aliphatic rings. The summed E-state index contributed by atoms with van der Waals surface area (Å²) in [7, 11) is 1.50. The molecule has 1 aromatic heterocycles. The van der Waals surface area contributed by atoms with E-state index >= 15 is 0 Å². The number of carbonyl (C=O) groups excluding carboxylic acids is 2. The van der Waals surface area contributed by atoms with Gasteiger partial charge in [0.1, 0.15) is 23.1 Å². The lowest BCUT2D eigenvalue weighted by Crippen LogP contribution is -2.30. The molecule has 0 bridgehead atoms. The summed E-state index contributed by atoms with van der Waals surface area (Å²) in [5.74, 6) is -1.93. The van der Waals surface area contributed by atoms with Gasteiger partial charge in [0, 0.05) is 17.2 Å². The zero-order chi connectivity index (χ0) is 27.0. The van der Waals surface area contributed by atoms with Gasteiger partial charge < -0.3 is 10.1 Å². The van der Waals surface area contributed by atoms with Gasteiger partial charge in [-0.2, -0.15) is 0 Å². The molecule has 192 valence electrons. The van der Waals surface area contributed by atoms with E-state index in [9.17, 15) is 23.2 Å². The molecule has 0 spiro atoms. The van der Waals surface area contributed by atoms with Gasteiger partial charge in [-0.3, -0.25) is 19.6 Å². The van der Waals surface area contributed by atoms with Crippen LogP contribution < -0.4 is 15.6 Å². The highest BCUT2D eigenvalue weighted by Gasteiger charge is 2.35. The zero-order valence-corrected chi connectivity index (χ0v) is 20.4. The summed E-state index contributed by atoms with van der Waals surface area (Å²) in [6.45, 7) is 1.52. The van der Waals surface area contributed by atoms with E-state index in [-0.39, 0.29) is 16.8 Å². The first-order valence-corrected chi connectivity index (χ1v) is 11.6. The van der Waals surface area contributed by atoms with Crippen molar-refractivity contribution in [3.05, 3.63) is 111 Å². The molecule has 0 aliphatic carbocycles. The number of H-pyrrole nitrogens is 1. The number of amides is 3. The van der Waals surface area contributed by atoms with Gasteiger partial charge in [-0.25, -0.2) is 18.3 Å². The highest BCUT2D eigenvalue weighted by molar-refractivity contribution is 6.14. The summed E-state index contributed by atoms with van der Waals surface area (Å²) in [5, 5.41) is 5.55. The maximum Gasteiger partial charge on any atom is 0.329 e. The SMILES string of the molecule is COc1ccccc1-c1[nH]n(-c2ccc(C)cc2)c(=O)c1/C=C1\NC(=O)N(Cc2ccc(F)cc2F)C1=O. The van der Waals surface area contributed by atoms with Gasteiger partial charge in [0.2, 0.25) is 0 Å². The fraction of sp³-hybridized carbons (Fsp3) is 0.107. The maximum atomic E-state index is 14.2. The average Bonchev–Trinajstić information content (AvgIpc) is 3.36. The number of hydrogen-bond donors (Lipinski definition) is 2. The van der Waals surface area contributed by atoms with Crippen LogP contribution in [0, 0.1) is 18.6 Å². The fourth-order valence-corrected chi connectivity index (χ4v) is 4.20. The summed E-state index contributed by atoms with van der Waals surface area (Å²) in [5.41, 5.74) is 1.95. The number of rotatable bonds is 6. The lowest BCUT2D eigenvalue weighted by atomic mass is 10.1. The van der Waals surface area contributed by atoms with Crippen LogP contribution in [0.15, 0.2) is 77.2 Å². The van der Waals surface area contributed by atoms with Crippen molar-refractivity contribution in [3.8, 4) is 22.7 Å². The molecule has 2 N–H and O–H groups in total. The van der Waals surface area contributed by atoms with Gasteiger partial charge in [0.05, 0.1) is 30.6 Å². The predicted octanol–water partition coefficient (Wildman–Crippen LogP) is 4.52. The van der Waals surface area contributed by atoms with Crippen LogP contribution in [0.1, 0.15) is 16.7 Å². The topological polar surface area (TPSA) is 96.4 Å². The molecule has 0 atom stereocenters. The van der Waals surface area contributed by atoms with Crippen molar-refractivity contribution < 1.29 is 23.1 Å². The van der Waals surface area contributed by atoms with Crippen molar-refractivity contribution in [2.24, 2.45) is 0 Å². The van der Waals surface area contributed by atoms with E-state index in [1.54, 1.807) is 36.4 Å². The number of imide groups is 1. The molecule has 4 aromatic rings. The Bertz CT molecular complexity index is 1650. The average molecular weight is 517 g/mol. The van der Waals surface area contributed by atoms with Crippen LogP contribution in [0.3, 0.4) is 0 Å². The van der Waals surface area contributed by atoms with Crippen molar-refractivity contribution >= 4 is 18.0 Å². The fourth-order valence-electron chi connectivity index (χ4n) is 4.20. The van der Waals surface area contributed by atoms with Crippen LogP contribution in [0.25, 0.3) is 23.0 Å². The molecule has 2 heterocycles. The largest absolute Gasteiger partial charge is 0.496 e. The molecule has 0 radical (unpaired) electrons. The van der Waals surface area contributed by atoms with Crippen LogP contribution in [-0.4, -0.2) is 33.7 Å². The molecule has 10 heteroatoms. The molecule has 1 saturated heterocycles. The predicted molar refractivity (Wildman–Crippen MR) is 137 cm³/mol. The number of urea groups is 1. The number of aromatic amines is 1. The van der Waals surface area contributed by atoms with E-state index < -0.39 is 35.7 Å². The third-order valence-electron chi connectivity index (χ3n) is 6.19. The summed E-state index contributed by atoms with van der Waals surface area (Å²) < 4.78 is 34.3. The Morgan fingerprint density at radius 1 is 0.974 bits per heavy atom. The number of aromatic nitrogens is 2. The summed E-state index contributed by atoms with van der Waals surface area (Å²) in [4.78, 5) is 40.1. The van der Waals surface area contributed by atoms with Crippen molar-refractivity contribution in [1.82, 2.24) is 20.0 Å². The second-order valence-corrected chi connectivity index (χ2v) is 8.69. The van der Waals surface area contributed by atoms with E-state index in [2.05, 4.69) is 10.4 Å². The van der Waals surface area contributed by atoms with Crippen molar-refractivity contribution in [2.45, 2.75) is 13.5 Å². The number of para-hydroxylation sites is 1. The molecule has 8 nitrogen and oxygen atoms in total. The lowest BCUT2D eigenvalue weighted by molar-refractivity contribution is -0.123. The van der Waals surface area contributed by atoms with Gasteiger partial charge >= 0.3 is 6.03 Å². The van der Waals surface area contributed by atoms with Gasteiger partial charge in [0.15, 0.2) is 0 Å². The smallest absolute Gasteiger partial charge is 0.329 e. The second kappa shape index (κ2) is 9.81. The molecule has 5 rings (SSSR count). The van der Waals surface area contributed by atoms with Gasteiger partial charge in [-0.15, -0.1) is 0 Å². The minimum atomic E-state index is -0.881. The van der Waals surface area contributed by atoms with Crippen LogP contribution in [0.2, 0.25) is 0 Å². The highest BCUT2D eigenvalue weighted by Crippen LogP contribution is 2.31. The highest BCUT2D eigenvalue weighted by atomic mass is 19.1. The third-order valence-corrected chi connectivity index (χ3v) is 6.19. The van der Waals surface area contributed by atoms with E-state index in [0.29, 0.717) is 28.8 Å². The van der Waals surface area contributed by atoms with Gasteiger partial charge in [-0.05, 0) is 43.3 Å². The number of ether oxygens (including phenoxy) is 1. The Hall–Kier alpha value is -4.99. The normalized spacial score (nSPS) is 14.3. The summed E-state index contributed by atoms with van der Waals surface area (Å²) in [6.07, 6.45) is 1.28. The first kappa shape index (κ1) is 24.7. The molecular weight excluding hydrogens is 494 g/mol. The first-order valence-electron chi connectivity index (χ1n) is 11.6. The van der Waals surface area contributed by atoms with Crippen LogP contribution >= 0.6 is 0 Å². The molecule has 1 fully saturated rings. The number of carbonyl (C=O) groups is 2. The number of hydrogen-bond acceptors (Lipinski definition) is 4. The van der Waals surface area contributed by atoms with Crippen molar-refractivity contribution in [1.29, 1.82) is 0 Å². The Morgan fingerprint density at radius 3 is 2.42 bits per heavy atom. The van der Waals surface area contributed by atoms with Gasteiger partial charge in [0.25, 0.3) is 11.5 Å². The molecular formula is C28H22F2N4O4. The van der Waals surface area contributed by atoms with Gasteiger partial charge in [-0.1, -0.05) is 35.9 Å². The van der Waals surface area contributed by atoms with E-state index in [0.717, 1.165) is 16.5 Å². The number of halogens is 2. The summed E-state index contributed by atoms with van der Waals surface area (Å²) >= 11 is 0. The number of aryl methyl sites for hydroxylation is 1. The number of nitrogens with zero attached hydrogens (tertiary/aromatic N) is 2. The molecule has 0 unspecified atom stereocenters. The molecule has 0 saturated carbocycles. The summed E-state index contributed by atoms with van der Waals surface area (Å²) in [6, 6.07) is 16.4. The minimum Gasteiger partial charge on any atom is -0.496 e. The molecule has 1 aliphatic heterocycles. The number of nitrogens with one attached hydrogen (secondary N) is 2. The molecule has 38 heavy (non-hydrogen) atoms. The standard InChI is InChI=1S/C28H22F2N4O4/c1-16-7-11-19(12-8-16)34-26(35)21(25(32-34)20-5-3-4-6-24(20)38-2)14-23-27(36)33(28(37)31-23)15-17-9-10-18(29)13-22(17)30/h3-14,32H,15H2,1-2H3,(H,31,37)/b23-14-. The Labute approximate surface area is 215 Å². The minimum absolute atomic E-state index is 0.0331. The Morgan fingerprint density at radius 2 is 1.71 bits per heavy atom. The number of benzene rings is 3. The monoisotopic (exact) mass is 516 g/mol. The van der Waals surface area contributed by atoms with E-state index in [1.165, 1.54) is 23.9 Å². The van der Waals surface area contributed by atoms with Crippen LogP contribution in [0.4, 0.5) is 13.6 Å². The lowest BCUT2D eigenvalue weighted by Gasteiger charge is -2.12. The van der Waals surface area contributed by atoms with E-state index in [1.807, 2.05) is 19.1 Å². The first-order chi connectivity index (χ1) is 18.3. The number of methoxy groups -OCH3 is 1. The van der Waals surface area contributed by atoms with Crippen LogP contribution in [-0.2, 0) is 11.3 Å². The van der Waals surface area contributed by atoms with Crippen molar-refractivity contribution in [2.75, 3.05) is 7.11 Å². The second-order valence-electron chi connectivity index (χ2n) is 8.69. The maximum absolute atomic E-state index is 14.2.